The molecule has 1 N–H and O–H groups in total. The number of aliphatic hydroxyl groups is 1. The standard InChI is InChI=1S/C28H38O6/c1-16(29)33-22-13-19-25(2,3)21(30)8-11-26(19,4)18-7-10-27(5)20(28(18,22)6)14-23(31)34-24(27)17-9-12-32-15-17/h9,12,14-15,18-19,21-22,24,30H,7-8,10-11,13H2,1-6H3/t18?,19?,21-,22+,24-,26?,27+,28?/m0/s1. The molecule has 6 heteroatoms. The maximum atomic E-state index is 12.9. The van der Waals surface area contributed by atoms with E-state index in [2.05, 4.69) is 34.6 Å². The van der Waals surface area contributed by atoms with Crippen LogP contribution in [0.15, 0.2) is 34.7 Å². The van der Waals surface area contributed by atoms with E-state index in [0.29, 0.717) is 6.42 Å². The predicted octanol–water partition coefficient (Wildman–Crippen LogP) is 5.37. The van der Waals surface area contributed by atoms with Gasteiger partial charge in [-0.15, -0.1) is 0 Å². The van der Waals surface area contributed by atoms with E-state index in [4.69, 9.17) is 13.9 Å². The summed E-state index contributed by atoms with van der Waals surface area (Å²) in [6.45, 7) is 12.5. The lowest BCUT2D eigenvalue weighted by Gasteiger charge is -2.69. The number of ether oxygens (including phenoxy) is 2. The Hall–Kier alpha value is -2.08. The zero-order valence-electron chi connectivity index (χ0n) is 21.2. The van der Waals surface area contributed by atoms with Crippen LogP contribution < -0.4 is 0 Å². The van der Waals surface area contributed by atoms with Crippen molar-refractivity contribution >= 4 is 11.9 Å². The van der Waals surface area contributed by atoms with Gasteiger partial charge in [-0.05, 0) is 66.4 Å². The van der Waals surface area contributed by atoms with Crippen molar-refractivity contribution in [3.8, 4) is 0 Å². The molecule has 34 heavy (non-hydrogen) atoms. The summed E-state index contributed by atoms with van der Waals surface area (Å²) < 4.78 is 17.4. The highest BCUT2D eigenvalue weighted by molar-refractivity contribution is 5.85. The first-order valence-electron chi connectivity index (χ1n) is 12.7. The van der Waals surface area contributed by atoms with Crippen LogP contribution in [0.2, 0.25) is 0 Å². The van der Waals surface area contributed by atoms with Crippen molar-refractivity contribution in [1.29, 1.82) is 0 Å². The average Bonchev–Trinajstić information content (AvgIpc) is 3.28. The van der Waals surface area contributed by atoms with Gasteiger partial charge in [0.15, 0.2) is 0 Å². The normalized spacial score (nSPS) is 45.2. The molecule has 1 aromatic rings. The minimum atomic E-state index is -0.510. The van der Waals surface area contributed by atoms with E-state index < -0.39 is 16.9 Å². The molecule has 186 valence electrons. The first-order chi connectivity index (χ1) is 15.8. The molecule has 8 atom stereocenters. The highest BCUT2D eigenvalue weighted by atomic mass is 16.6. The number of rotatable bonds is 2. The zero-order valence-corrected chi connectivity index (χ0v) is 21.2. The van der Waals surface area contributed by atoms with Crippen LogP contribution >= 0.6 is 0 Å². The van der Waals surface area contributed by atoms with Crippen molar-refractivity contribution in [3.63, 3.8) is 0 Å². The highest BCUT2D eigenvalue weighted by Crippen LogP contribution is 2.73. The number of esters is 2. The number of fused-ring (bicyclic) bond motifs is 5. The summed E-state index contributed by atoms with van der Waals surface area (Å²) in [5.41, 5.74) is 0.635. The first-order valence-corrected chi connectivity index (χ1v) is 12.7. The fourth-order valence-corrected chi connectivity index (χ4v) is 8.84. The van der Waals surface area contributed by atoms with Gasteiger partial charge >= 0.3 is 11.9 Å². The van der Waals surface area contributed by atoms with E-state index >= 15 is 0 Å². The number of carbonyl (C=O) groups excluding carboxylic acids is 2. The van der Waals surface area contributed by atoms with Crippen LogP contribution in [0.25, 0.3) is 0 Å². The first kappa shape index (κ1) is 23.7. The van der Waals surface area contributed by atoms with E-state index in [1.54, 1.807) is 18.6 Å². The molecule has 4 unspecified atom stereocenters. The highest BCUT2D eigenvalue weighted by Gasteiger charge is 2.69. The van der Waals surface area contributed by atoms with Crippen molar-refractivity contribution in [2.75, 3.05) is 0 Å². The Labute approximate surface area is 202 Å². The van der Waals surface area contributed by atoms with E-state index in [1.807, 2.05) is 6.07 Å². The molecule has 3 aliphatic carbocycles. The predicted molar refractivity (Wildman–Crippen MR) is 125 cm³/mol. The van der Waals surface area contributed by atoms with E-state index in [1.165, 1.54) is 6.92 Å². The maximum Gasteiger partial charge on any atom is 0.331 e. The summed E-state index contributed by atoms with van der Waals surface area (Å²) in [7, 11) is 0. The molecule has 5 rings (SSSR count). The lowest BCUT2D eigenvalue weighted by Crippen LogP contribution is -2.66. The number of cyclic esters (lactones) is 1. The van der Waals surface area contributed by atoms with Gasteiger partial charge in [0.2, 0.25) is 0 Å². The molecule has 3 saturated carbocycles. The van der Waals surface area contributed by atoms with Gasteiger partial charge in [0.25, 0.3) is 0 Å². The molecule has 2 heterocycles. The van der Waals surface area contributed by atoms with Gasteiger partial charge < -0.3 is 19.0 Å². The maximum absolute atomic E-state index is 12.9. The molecule has 0 radical (unpaired) electrons. The molecule has 0 spiro atoms. The largest absolute Gasteiger partial charge is 0.472 e. The van der Waals surface area contributed by atoms with E-state index in [-0.39, 0.29) is 46.8 Å². The summed E-state index contributed by atoms with van der Waals surface area (Å²) in [6, 6.07) is 1.87. The Bertz CT molecular complexity index is 1020. The number of hydrogen-bond donors (Lipinski definition) is 1. The fraction of sp³-hybridized carbons (Fsp3) is 0.714. The van der Waals surface area contributed by atoms with Crippen molar-refractivity contribution in [2.45, 2.75) is 92.0 Å². The Balaban J connectivity index is 1.67. The van der Waals surface area contributed by atoms with Crippen LogP contribution in [0.3, 0.4) is 0 Å². The van der Waals surface area contributed by atoms with Gasteiger partial charge in [-0.1, -0.05) is 34.6 Å². The minimum absolute atomic E-state index is 0.0389. The molecular formula is C28H38O6. The van der Waals surface area contributed by atoms with E-state index in [9.17, 15) is 14.7 Å². The van der Waals surface area contributed by atoms with Crippen LogP contribution in [-0.2, 0) is 19.1 Å². The summed E-state index contributed by atoms with van der Waals surface area (Å²) in [5, 5.41) is 10.9. The van der Waals surface area contributed by atoms with Crippen LogP contribution in [0.4, 0.5) is 0 Å². The van der Waals surface area contributed by atoms with Gasteiger partial charge in [0.05, 0.1) is 18.6 Å². The molecule has 6 nitrogen and oxygen atoms in total. The number of hydrogen-bond acceptors (Lipinski definition) is 6. The number of carbonyl (C=O) groups is 2. The summed E-state index contributed by atoms with van der Waals surface area (Å²) in [5.74, 6) is -0.240. The minimum Gasteiger partial charge on any atom is -0.472 e. The van der Waals surface area contributed by atoms with Gasteiger partial charge in [-0.2, -0.15) is 0 Å². The summed E-state index contributed by atoms with van der Waals surface area (Å²) in [6.07, 6.45) is 7.93. The summed E-state index contributed by atoms with van der Waals surface area (Å²) in [4.78, 5) is 25.3. The second-order valence-electron chi connectivity index (χ2n) is 12.5. The lowest BCUT2D eigenvalue weighted by atomic mass is 9.36. The smallest absolute Gasteiger partial charge is 0.331 e. The second-order valence-corrected chi connectivity index (χ2v) is 12.5. The van der Waals surface area contributed by atoms with Crippen molar-refractivity contribution in [2.24, 2.45) is 33.5 Å². The van der Waals surface area contributed by atoms with Gasteiger partial charge in [-0.3, -0.25) is 4.79 Å². The number of aliphatic hydroxyl groups excluding tert-OH is 1. The van der Waals surface area contributed by atoms with Crippen molar-refractivity contribution < 1.29 is 28.6 Å². The van der Waals surface area contributed by atoms with Gasteiger partial charge in [-0.25, -0.2) is 4.79 Å². The third kappa shape index (κ3) is 3.03. The van der Waals surface area contributed by atoms with Crippen molar-refractivity contribution in [3.05, 3.63) is 35.8 Å². The molecule has 3 fully saturated rings. The third-order valence-corrected chi connectivity index (χ3v) is 10.5. The topological polar surface area (TPSA) is 86.0 Å². The van der Waals surface area contributed by atoms with E-state index in [0.717, 1.165) is 36.8 Å². The number of furan rings is 1. The Morgan fingerprint density at radius 2 is 1.85 bits per heavy atom. The monoisotopic (exact) mass is 470 g/mol. The van der Waals surface area contributed by atoms with Crippen LogP contribution in [0, 0.1) is 33.5 Å². The molecular weight excluding hydrogens is 432 g/mol. The van der Waals surface area contributed by atoms with Gasteiger partial charge in [0, 0.05) is 29.4 Å². The molecule has 1 aromatic heterocycles. The third-order valence-electron chi connectivity index (χ3n) is 10.5. The molecule has 0 saturated heterocycles. The van der Waals surface area contributed by atoms with Crippen LogP contribution in [0.5, 0.6) is 0 Å². The fourth-order valence-electron chi connectivity index (χ4n) is 8.84. The Morgan fingerprint density at radius 3 is 2.50 bits per heavy atom. The van der Waals surface area contributed by atoms with Crippen LogP contribution in [-0.4, -0.2) is 29.3 Å². The molecule has 0 aromatic carbocycles. The van der Waals surface area contributed by atoms with Crippen molar-refractivity contribution in [1.82, 2.24) is 0 Å². The SMILES string of the molecule is CC(=O)O[C@@H]1CC2C(C)(CC[C@H](O)C2(C)C)C2CC[C@]3(C)C(=CC(=O)O[C@H]3c3ccoc3)C21C. The Kier molecular flexibility index (Phi) is 5.19. The Morgan fingerprint density at radius 1 is 1.12 bits per heavy atom. The second kappa shape index (κ2) is 7.46. The average molecular weight is 471 g/mol. The molecule has 4 aliphatic rings. The summed E-state index contributed by atoms with van der Waals surface area (Å²) >= 11 is 0. The van der Waals surface area contributed by atoms with Gasteiger partial charge in [0.1, 0.15) is 12.2 Å². The van der Waals surface area contributed by atoms with Crippen LogP contribution in [0.1, 0.15) is 85.3 Å². The molecule has 0 amide bonds. The quantitative estimate of drug-likeness (QED) is 0.585. The zero-order chi connectivity index (χ0) is 24.7. The molecule has 1 aliphatic heterocycles. The lowest BCUT2D eigenvalue weighted by molar-refractivity contribution is -0.226. The molecule has 0 bridgehead atoms.